The average molecular weight is 520 g/mol. The zero-order chi connectivity index (χ0) is 26.2. The Balaban J connectivity index is 1.53. The zero-order valence-corrected chi connectivity index (χ0v) is 21.0. The van der Waals surface area contributed by atoms with Gasteiger partial charge in [-0.15, -0.1) is 0 Å². The lowest BCUT2D eigenvalue weighted by atomic mass is 10.0. The lowest BCUT2D eigenvalue weighted by Gasteiger charge is -2.18. The number of hydrogen-bond acceptors (Lipinski definition) is 6. The Morgan fingerprint density at radius 2 is 1.70 bits per heavy atom. The maximum Gasteiger partial charge on any atom is 0.408 e. The Labute approximate surface area is 219 Å². The van der Waals surface area contributed by atoms with Gasteiger partial charge in [0.1, 0.15) is 18.2 Å². The van der Waals surface area contributed by atoms with Gasteiger partial charge in [-0.05, 0) is 29.2 Å². The van der Waals surface area contributed by atoms with E-state index < -0.39 is 23.7 Å². The number of carbonyl (C=O) groups excluding carboxylic acids is 2. The van der Waals surface area contributed by atoms with Crippen molar-refractivity contribution in [2.75, 3.05) is 0 Å². The predicted molar refractivity (Wildman–Crippen MR) is 142 cm³/mol. The molecule has 4 rings (SSSR count). The molecule has 0 spiro atoms. The van der Waals surface area contributed by atoms with Crippen LogP contribution in [-0.2, 0) is 16.1 Å². The molecule has 7 nitrogen and oxygen atoms in total. The van der Waals surface area contributed by atoms with Gasteiger partial charge in [-0.1, -0.05) is 92.0 Å². The Bertz CT molecular complexity index is 1440. The van der Waals surface area contributed by atoms with Gasteiger partial charge in [0.25, 0.3) is 0 Å². The molecule has 190 valence electrons. The molecule has 4 aromatic rings. The summed E-state index contributed by atoms with van der Waals surface area (Å²) in [6, 6.07) is 22.0. The number of esters is 1. The van der Waals surface area contributed by atoms with Crippen molar-refractivity contribution >= 4 is 34.6 Å². The highest BCUT2D eigenvalue weighted by molar-refractivity contribution is 6.33. The molecule has 0 aliphatic rings. The number of benzene rings is 3. The van der Waals surface area contributed by atoms with Gasteiger partial charge in [0.2, 0.25) is 0 Å². The van der Waals surface area contributed by atoms with E-state index in [1.54, 1.807) is 6.07 Å². The second-order valence-corrected chi connectivity index (χ2v) is 8.85. The van der Waals surface area contributed by atoms with Gasteiger partial charge in [0, 0.05) is 17.5 Å². The van der Waals surface area contributed by atoms with E-state index >= 15 is 0 Å². The molecule has 0 bridgehead atoms. The number of rotatable bonds is 9. The molecule has 3 aromatic carbocycles. The minimum atomic E-state index is -0.947. The van der Waals surface area contributed by atoms with Crippen LogP contribution in [0.5, 0.6) is 5.75 Å². The molecule has 8 heteroatoms. The Morgan fingerprint density at radius 1 is 1.00 bits per heavy atom. The molecule has 0 aliphatic carbocycles. The molecule has 1 heterocycles. The average Bonchev–Trinajstić information content (AvgIpc) is 2.91. The number of ether oxygens (including phenoxy) is 2. The smallest absolute Gasteiger partial charge is 0.408 e. The number of halogens is 1. The summed E-state index contributed by atoms with van der Waals surface area (Å²) in [6.45, 7) is 2.05. The van der Waals surface area contributed by atoms with Gasteiger partial charge >= 0.3 is 17.7 Å². The molecular formula is C29H26ClNO6. The van der Waals surface area contributed by atoms with Crippen LogP contribution >= 0.6 is 11.6 Å². The van der Waals surface area contributed by atoms with Crippen LogP contribution in [0.25, 0.3) is 22.1 Å². The number of carbonyl (C=O) groups is 2. The van der Waals surface area contributed by atoms with Crippen LogP contribution in [0, 0.1) is 0 Å². The van der Waals surface area contributed by atoms with Crippen molar-refractivity contribution in [1.29, 1.82) is 0 Å². The zero-order valence-electron chi connectivity index (χ0n) is 20.2. The SMILES string of the molecule is CCCC[C@H](NC(=O)OCc1ccccc1)C(=O)Oc1cc2oc(=O)cc(-c3ccccc3)c2cc1Cl. The molecule has 0 saturated carbocycles. The highest BCUT2D eigenvalue weighted by Crippen LogP contribution is 2.35. The van der Waals surface area contributed by atoms with E-state index in [1.165, 1.54) is 12.1 Å². The van der Waals surface area contributed by atoms with Gasteiger partial charge in [0.05, 0.1) is 5.02 Å². The summed E-state index contributed by atoms with van der Waals surface area (Å²) in [5.41, 5.74) is 1.97. The first-order chi connectivity index (χ1) is 17.9. The van der Waals surface area contributed by atoms with Crippen molar-refractivity contribution in [3.8, 4) is 16.9 Å². The summed E-state index contributed by atoms with van der Waals surface area (Å²) in [7, 11) is 0. The van der Waals surface area contributed by atoms with E-state index in [1.807, 2.05) is 67.6 Å². The van der Waals surface area contributed by atoms with E-state index in [4.69, 9.17) is 25.5 Å². The number of alkyl carbamates (subject to hydrolysis) is 1. The van der Waals surface area contributed by atoms with E-state index in [0.717, 1.165) is 17.5 Å². The van der Waals surface area contributed by atoms with Gasteiger partial charge in [-0.25, -0.2) is 14.4 Å². The molecule has 0 radical (unpaired) electrons. The van der Waals surface area contributed by atoms with E-state index in [0.29, 0.717) is 23.8 Å². The summed E-state index contributed by atoms with van der Waals surface area (Å²) in [5, 5.41) is 3.34. The van der Waals surface area contributed by atoms with Crippen LogP contribution in [0.4, 0.5) is 4.79 Å². The molecule has 0 saturated heterocycles. The van der Waals surface area contributed by atoms with Crippen molar-refractivity contribution < 1.29 is 23.5 Å². The molecule has 0 aliphatic heterocycles. The molecular weight excluding hydrogens is 494 g/mol. The molecule has 0 unspecified atom stereocenters. The fourth-order valence-electron chi connectivity index (χ4n) is 3.84. The number of amides is 1. The Kier molecular flexibility index (Phi) is 8.59. The van der Waals surface area contributed by atoms with Crippen LogP contribution in [0.15, 0.2) is 88.1 Å². The van der Waals surface area contributed by atoms with Crippen LogP contribution in [-0.4, -0.2) is 18.1 Å². The number of unbranched alkanes of at least 4 members (excludes halogenated alkanes) is 1. The largest absolute Gasteiger partial charge is 0.445 e. The molecule has 1 amide bonds. The van der Waals surface area contributed by atoms with Crippen molar-refractivity contribution in [3.05, 3.63) is 99.9 Å². The standard InChI is InChI=1S/C29H26ClNO6/c1-2-3-14-24(31-29(34)35-18-19-10-6-4-7-11-19)28(33)37-26-17-25-22(15-23(26)30)21(16-27(32)36-25)20-12-8-5-9-13-20/h4-13,15-17,24H,2-3,14,18H2,1H3,(H,31,34)/t24-/m0/s1. The predicted octanol–water partition coefficient (Wildman–Crippen LogP) is 6.50. The highest BCUT2D eigenvalue weighted by Gasteiger charge is 2.25. The second kappa shape index (κ2) is 12.2. The second-order valence-electron chi connectivity index (χ2n) is 8.45. The van der Waals surface area contributed by atoms with Crippen molar-refractivity contribution in [2.24, 2.45) is 0 Å². The molecule has 37 heavy (non-hydrogen) atoms. The number of fused-ring (bicyclic) bond motifs is 1. The first kappa shape index (κ1) is 26.0. The lowest BCUT2D eigenvalue weighted by Crippen LogP contribution is -2.43. The maximum absolute atomic E-state index is 13.0. The normalized spacial score (nSPS) is 11.6. The fourth-order valence-corrected chi connectivity index (χ4v) is 4.04. The van der Waals surface area contributed by atoms with Crippen molar-refractivity contribution in [1.82, 2.24) is 5.32 Å². The Hall–Kier alpha value is -4.10. The first-order valence-corrected chi connectivity index (χ1v) is 12.3. The van der Waals surface area contributed by atoms with Gasteiger partial charge in [-0.3, -0.25) is 0 Å². The summed E-state index contributed by atoms with van der Waals surface area (Å²) in [5.74, 6) is -0.679. The van der Waals surface area contributed by atoms with Crippen LogP contribution in [0.2, 0.25) is 5.02 Å². The first-order valence-electron chi connectivity index (χ1n) is 12.0. The van der Waals surface area contributed by atoms with Crippen LogP contribution < -0.4 is 15.7 Å². The van der Waals surface area contributed by atoms with Crippen molar-refractivity contribution in [2.45, 2.75) is 38.8 Å². The van der Waals surface area contributed by atoms with Gasteiger partial charge < -0.3 is 19.2 Å². The monoisotopic (exact) mass is 519 g/mol. The maximum atomic E-state index is 13.0. The van der Waals surface area contributed by atoms with E-state index in [2.05, 4.69) is 5.32 Å². The summed E-state index contributed by atoms with van der Waals surface area (Å²) < 4.78 is 16.2. The summed E-state index contributed by atoms with van der Waals surface area (Å²) >= 11 is 6.47. The van der Waals surface area contributed by atoms with Crippen LogP contribution in [0.3, 0.4) is 0 Å². The third-order valence-corrected chi connectivity index (χ3v) is 6.02. The fraction of sp³-hybridized carbons (Fsp3) is 0.207. The molecule has 0 fully saturated rings. The van der Waals surface area contributed by atoms with Gasteiger partial charge in [-0.2, -0.15) is 0 Å². The number of hydrogen-bond donors (Lipinski definition) is 1. The quantitative estimate of drug-likeness (QED) is 0.154. The minimum Gasteiger partial charge on any atom is -0.445 e. The van der Waals surface area contributed by atoms with Gasteiger partial charge in [0.15, 0.2) is 5.75 Å². The third kappa shape index (κ3) is 6.77. The molecule has 1 aromatic heterocycles. The summed E-state index contributed by atoms with van der Waals surface area (Å²) in [6.07, 6.45) is 1.12. The topological polar surface area (TPSA) is 94.8 Å². The van der Waals surface area contributed by atoms with E-state index in [-0.39, 0.29) is 23.0 Å². The van der Waals surface area contributed by atoms with Crippen LogP contribution in [0.1, 0.15) is 31.7 Å². The summed E-state index contributed by atoms with van der Waals surface area (Å²) in [4.78, 5) is 37.6. The molecule has 1 atom stereocenters. The highest BCUT2D eigenvalue weighted by atomic mass is 35.5. The lowest BCUT2D eigenvalue weighted by molar-refractivity contribution is -0.136. The van der Waals surface area contributed by atoms with E-state index in [9.17, 15) is 14.4 Å². The van der Waals surface area contributed by atoms with Crippen molar-refractivity contribution in [3.63, 3.8) is 0 Å². The third-order valence-electron chi connectivity index (χ3n) is 5.73. The molecule has 1 N–H and O–H groups in total. The Morgan fingerprint density at radius 3 is 2.41 bits per heavy atom. The minimum absolute atomic E-state index is 0.0217. The number of nitrogens with one attached hydrogen (secondary N) is 1.